The fourth-order valence-electron chi connectivity index (χ4n) is 4.03. The normalized spacial score (nSPS) is 18.4. The summed E-state index contributed by atoms with van der Waals surface area (Å²) in [7, 11) is 0. The van der Waals surface area contributed by atoms with E-state index in [-0.39, 0.29) is 17.8 Å². The van der Waals surface area contributed by atoms with Gasteiger partial charge in [0, 0.05) is 6.04 Å². The average molecular weight is 472 g/mol. The number of carbonyl (C=O) groups excluding carboxylic acids is 1. The van der Waals surface area contributed by atoms with E-state index in [0.717, 1.165) is 36.8 Å². The van der Waals surface area contributed by atoms with Gasteiger partial charge in [-0.15, -0.1) is 0 Å². The van der Waals surface area contributed by atoms with Gasteiger partial charge in [-0.1, -0.05) is 61.4 Å². The molecule has 1 aliphatic heterocycles. The number of ether oxygens (including phenoxy) is 2. The third-order valence-corrected chi connectivity index (χ3v) is 6.97. The van der Waals surface area contributed by atoms with Gasteiger partial charge >= 0.3 is 0 Å². The van der Waals surface area contributed by atoms with E-state index >= 15 is 0 Å². The summed E-state index contributed by atoms with van der Waals surface area (Å²) in [5, 5.41) is 0. The SMILES string of the molecule is CCOc1cc(/C=C2/SC(=S)N(C3CCCCC3)C2=O)ccc1OCc1ccc(F)cc1. The fraction of sp³-hybridized carbons (Fsp3) is 0.360. The molecular weight excluding hydrogens is 445 g/mol. The first-order valence-corrected chi connectivity index (χ1v) is 12.2. The molecule has 0 spiro atoms. The molecular formula is C25H26FNO3S2. The number of benzene rings is 2. The van der Waals surface area contributed by atoms with Gasteiger partial charge in [-0.05, 0) is 61.2 Å². The van der Waals surface area contributed by atoms with Crippen molar-refractivity contribution in [2.24, 2.45) is 0 Å². The summed E-state index contributed by atoms with van der Waals surface area (Å²) >= 11 is 6.90. The molecule has 2 fully saturated rings. The zero-order valence-electron chi connectivity index (χ0n) is 18.0. The monoisotopic (exact) mass is 471 g/mol. The van der Waals surface area contributed by atoms with Crippen LogP contribution in [0.25, 0.3) is 6.08 Å². The van der Waals surface area contributed by atoms with E-state index in [2.05, 4.69) is 0 Å². The second-order valence-corrected chi connectivity index (χ2v) is 9.57. The Morgan fingerprint density at radius 2 is 1.84 bits per heavy atom. The molecule has 1 aliphatic carbocycles. The van der Waals surface area contributed by atoms with Gasteiger partial charge in [-0.2, -0.15) is 0 Å². The van der Waals surface area contributed by atoms with Crippen molar-refractivity contribution in [3.05, 3.63) is 64.3 Å². The van der Waals surface area contributed by atoms with Gasteiger partial charge in [0.1, 0.15) is 16.7 Å². The highest BCUT2D eigenvalue weighted by molar-refractivity contribution is 8.26. The van der Waals surface area contributed by atoms with Crippen molar-refractivity contribution < 1.29 is 18.7 Å². The second kappa shape index (κ2) is 10.5. The van der Waals surface area contributed by atoms with E-state index in [1.54, 1.807) is 12.1 Å². The maximum atomic E-state index is 13.1. The molecule has 0 N–H and O–H groups in total. The molecule has 1 saturated carbocycles. The Balaban J connectivity index is 1.50. The van der Waals surface area contributed by atoms with Crippen molar-refractivity contribution >= 4 is 40.3 Å². The Hall–Kier alpha value is -2.38. The largest absolute Gasteiger partial charge is 0.490 e. The number of rotatable bonds is 7. The summed E-state index contributed by atoms with van der Waals surface area (Å²) in [4.78, 5) is 15.5. The highest BCUT2D eigenvalue weighted by Gasteiger charge is 2.37. The van der Waals surface area contributed by atoms with Gasteiger partial charge < -0.3 is 9.47 Å². The minimum Gasteiger partial charge on any atom is -0.490 e. The molecule has 1 saturated heterocycles. The van der Waals surface area contributed by atoms with E-state index in [4.69, 9.17) is 21.7 Å². The van der Waals surface area contributed by atoms with Crippen LogP contribution in [-0.2, 0) is 11.4 Å². The Morgan fingerprint density at radius 3 is 2.56 bits per heavy atom. The molecule has 32 heavy (non-hydrogen) atoms. The lowest BCUT2D eigenvalue weighted by Crippen LogP contribution is -2.39. The third kappa shape index (κ3) is 5.33. The van der Waals surface area contributed by atoms with Crippen molar-refractivity contribution in [1.82, 2.24) is 4.90 Å². The first-order chi connectivity index (χ1) is 15.5. The Morgan fingerprint density at radius 1 is 1.09 bits per heavy atom. The molecule has 0 bridgehead atoms. The highest BCUT2D eigenvalue weighted by atomic mass is 32.2. The molecule has 7 heteroatoms. The first kappa shape index (κ1) is 22.8. The lowest BCUT2D eigenvalue weighted by atomic mass is 9.94. The van der Waals surface area contributed by atoms with E-state index in [9.17, 15) is 9.18 Å². The van der Waals surface area contributed by atoms with Crippen LogP contribution in [0.1, 0.15) is 50.2 Å². The van der Waals surface area contributed by atoms with Gasteiger partial charge in [0.25, 0.3) is 5.91 Å². The second-order valence-electron chi connectivity index (χ2n) is 7.90. The summed E-state index contributed by atoms with van der Waals surface area (Å²) in [5.41, 5.74) is 1.72. The molecule has 4 rings (SSSR count). The van der Waals surface area contributed by atoms with Crippen LogP contribution in [0.3, 0.4) is 0 Å². The van der Waals surface area contributed by atoms with Gasteiger partial charge in [-0.25, -0.2) is 4.39 Å². The summed E-state index contributed by atoms with van der Waals surface area (Å²) < 4.78 is 25.4. The summed E-state index contributed by atoms with van der Waals surface area (Å²) in [6.45, 7) is 2.70. The standard InChI is InChI=1S/C25H26FNO3S2/c1-2-29-22-14-18(10-13-21(22)30-16-17-8-11-19(26)12-9-17)15-23-24(28)27(25(31)32-23)20-6-4-3-5-7-20/h8-15,20H,2-7,16H2,1H3/b23-15+. The van der Waals surface area contributed by atoms with Crippen molar-refractivity contribution in [3.63, 3.8) is 0 Å². The maximum absolute atomic E-state index is 13.1. The van der Waals surface area contributed by atoms with E-state index in [0.29, 0.717) is 33.9 Å². The van der Waals surface area contributed by atoms with Crippen LogP contribution in [-0.4, -0.2) is 27.8 Å². The lowest BCUT2D eigenvalue weighted by Gasteiger charge is -2.29. The molecule has 4 nitrogen and oxygen atoms in total. The molecule has 168 valence electrons. The molecule has 1 heterocycles. The van der Waals surface area contributed by atoms with Gasteiger partial charge in [-0.3, -0.25) is 9.69 Å². The minimum absolute atomic E-state index is 0.00139. The van der Waals surface area contributed by atoms with Crippen LogP contribution in [0.4, 0.5) is 4.39 Å². The molecule has 0 aromatic heterocycles. The van der Waals surface area contributed by atoms with Crippen LogP contribution < -0.4 is 9.47 Å². The minimum atomic E-state index is -0.276. The number of amides is 1. The van der Waals surface area contributed by atoms with Gasteiger partial charge in [0.05, 0.1) is 11.5 Å². The average Bonchev–Trinajstić information content (AvgIpc) is 3.08. The fourth-order valence-corrected chi connectivity index (χ4v) is 5.43. The Labute approximate surface area is 197 Å². The molecule has 2 aliphatic rings. The summed E-state index contributed by atoms with van der Waals surface area (Å²) in [6, 6.07) is 12.0. The maximum Gasteiger partial charge on any atom is 0.266 e. The van der Waals surface area contributed by atoms with Crippen molar-refractivity contribution in [1.29, 1.82) is 0 Å². The molecule has 2 aromatic rings. The summed E-state index contributed by atoms with van der Waals surface area (Å²) in [6.07, 6.45) is 7.45. The smallest absolute Gasteiger partial charge is 0.266 e. The summed E-state index contributed by atoms with van der Waals surface area (Å²) in [5.74, 6) is 0.928. The molecule has 0 radical (unpaired) electrons. The van der Waals surface area contributed by atoms with Gasteiger partial charge in [0.15, 0.2) is 11.5 Å². The predicted molar refractivity (Wildman–Crippen MR) is 130 cm³/mol. The van der Waals surface area contributed by atoms with Crippen molar-refractivity contribution in [2.45, 2.75) is 51.7 Å². The van der Waals surface area contributed by atoms with Gasteiger partial charge in [0.2, 0.25) is 0 Å². The highest BCUT2D eigenvalue weighted by Crippen LogP contribution is 2.38. The quantitative estimate of drug-likeness (QED) is 0.348. The predicted octanol–water partition coefficient (Wildman–Crippen LogP) is 6.34. The molecule has 2 aromatic carbocycles. The zero-order valence-corrected chi connectivity index (χ0v) is 19.6. The van der Waals surface area contributed by atoms with Crippen molar-refractivity contribution in [3.8, 4) is 11.5 Å². The van der Waals surface area contributed by atoms with Crippen LogP contribution in [0.2, 0.25) is 0 Å². The number of nitrogens with zero attached hydrogens (tertiary/aromatic N) is 1. The van der Waals surface area contributed by atoms with Crippen LogP contribution in [0, 0.1) is 5.82 Å². The number of halogens is 1. The molecule has 1 amide bonds. The molecule has 0 atom stereocenters. The van der Waals surface area contributed by atoms with Crippen LogP contribution >= 0.6 is 24.0 Å². The number of carbonyl (C=O) groups is 1. The zero-order chi connectivity index (χ0) is 22.5. The third-order valence-electron chi connectivity index (χ3n) is 5.64. The number of thioether (sulfide) groups is 1. The number of hydrogen-bond acceptors (Lipinski definition) is 5. The van der Waals surface area contributed by atoms with E-state index in [1.165, 1.54) is 30.3 Å². The first-order valence-electron chi connectivity index (χ1n) is 11.0. The Kier molecular flexibility index (Phi) is 7.48. The van der Waals surface area contributed by atoms with Crippen LogP contribution in [0.5, 0.6) is 11.5 Å². The Bertz CT molecular complexity index is 1020. The topological polar surface area (TPSA) is 38.8 Å². The van der Waals surface area contributed by atoms with Crippen LogP contribution in [0.15, 0.2) is 47.4 Å². The number of thiocarbonyl (C=S) groups is 1. The van der Waals surface area contributed by atoms with E-state index in [1.807, 2.05) is 36.1 Å². The molecule has 0 unspecified atom stereocenters. The number of hydrogen-bond donors (Lipinski definition) is 0. The van der Waals surface area contributed by atoms with E-state index < -0.39 is 0 Å². The van der Waals surface area contributed by atoms with Crippen molar-refractivity contribution in [2.75, 3.05) is 6.61 Å². The lowest BCUT2D eigenvalue weighted by molar-refractivity contribution is -0.124.